The number of anilines is 1. The molecule has 0 aliphatic rings. The number of carbonyl (C=O) groups excluding carboxylic acids is 1. The fraction of sp³-hybridized carbons (Fsp3) is 0.222. The van der Waals surface area contributed by atoms with Gasteiger partial charge in [0.2, 0.25) is 0 Å². The molecule has 0 fully saturated rings. The highest BCUT2D eigenvalue weighted by molar-refractivity contribution is 5.95. The Hall–Kier alpha value is -3.02. The van der Waals surface area contributed by atoms with Crippen molar-refractivity contribution >= 4 is 17.8 Å². The smallest absolute Gasteiger partial charge is 0.271 e. The van der Waals surface area contributed by atoms with E-state index in [0.717, 1.165) is 5.69 Å². The summed E-state index contributed by atoms with van der Waals surface area (Å²) in [4.78, 5) is 14.0. The van der Waals surface area contributed by atoms with Crippen LogP contribution in [0, 0.1) is 0 Å². The molecule has 0 aliphatic carbocycles. The van der Waals surface area contributed by atoms with Gasteiger partial charge in [-0.3, -0.25) is 4.79 Å². The second-order valence-electron chi connectivity index (χ2n) is 5.30. The lowest BCUT2D eigenvalue weighted by atomic mass is 10.2. The van der Waals surface area contributed by atoms with E-state index < -0.39 is 0 Å². The van der Waals surface area contributed by atoms with Gasteiger partial charge in [-0.25, -0.2) is 5.43 Å². The van der Waals surface area contributed by atoms with Gasteiger partial charge in [0.15, 0.2) is 11.5 Å². The number of amides is 1. The number of rotatable bonds is 6. The van der Waals surface area contributed by atoms with Crippen LogP contribution >= 0.6 is 0 Å². The van der Waals surface area contributed by atoms with Crippen molar-refractivity contribution in [3.05, 3.63) is 53.6 Å². The van der Waals surface area contributed by atoms with Crippen LogP contribution in [0.3, 0.4) is 0 Å². The lowest BCUT2D eigenvalue weighted by Gasteiger charge is -2.12. The van der Waals surface area contributed by atoms with Gasteiger partial charge in [-0.05, 0) is 55.0 Å². The van der Waals surface area contributed by atoms with Crippen LogP contribution in [0.5, 0.6) is 11.5 Å². The lowest BCUT2D eigenvalue weighted by molar-refractivity contribution is 0.0955. The molecule has 0 saturated carbocycles. The van der Waals surface area contributed by atoms with Crippen LogP contribution < -0.4 is 15.1 Å². The van der Waals surface area contributed by atoms with Crippen molar-refractivity contribution in [2.75, 3.05) is 25.6 Å². The van der Waals surface area contributed by atoms with Crippen LogP contribution in [0.15, 0.2) is 47.6 Å². The Morgan fingerprint density at radius 1 is 1.25 bits per heavy atom. The molecule has 6 nitrogen and oxygen atoms in total. The molecule has 1 amide bonds. The van der Waals surface area contributed by atoms with E-state index >= 15 is 0 Å². The van der Waals surface area contributed by atoms with E-state index in [1.807, 2.05) is 38.1 Å². The zero-order valence-corrected chi connectivity index (χ0v) is 14.0. The molecule has 0 heterocycles. The molecular weight excluding hydrogens is 306 g/mol. The molecule has 0 aliphatic heterocycles. The van der Waals surface area contributed by atoms with E-state index in [2.05, 4.69) is 10.5 Å². The van der Waals surface area contributed by atoms with Gasteiger partial charge in [0.05, 0.1) is 12.8 Å². The first kappa shape index (κ1) is 17.3. The maximum atomic E-state index is 12.0. The van der Waals surface area contributed by atoms with Crippen molar-refractivity contribution in [2.45, 2.75) is 6.92 Å². The van der Waals surface area contributed by atoms with Gasteiger partial charge in [0, 0.05) is 25.3 Å². The number of nitrogens with zero attached hydrogens (tertiary/aromatic N) is 2. The predicted octanol–water partition coefficient (Wildman–Crippen LogP) is 2.62. The number of hydrazone groups is 1. The summed E-state index contributed by atoms with van der Waals surface area (Å²) in [6.07, 6.45) is 1.46. The molecule has 0 saturated heterocycles. The summed E-state index contributed by atoms with van der Waals surface area (Å²) in [5, 5.41) is 13.7. The molecule has 126 valence electrons. The quantitative estimate of drug-likeness (QED) is 0.632. The third-order valence-electron chi connectivity index (χ3n) is 3.31. The zero-order chi connectivity index (χ0) is 17.5. The van der Waals surface area contributed by atoms with Gasteiger partial charge >= 0.3 is 0 Å². The van der Waals surface area contributed by atoms with Gasteiger partial charge in [0.25, 0.3) is 5.91 Å². The monoisotopic (exact) mass is 327 g/mol. The fourth-order valence-corrected chi connectivity index (χ4v) is 2.03. The molecule has 2 aromatic rings. The Balaban J connectivity index is 1.98. The van der Waals surface area contributed by atoms with Crippen molar-refractivity contribution in [1.29, 1.82) is 0 Å². The average molecular weight is 327 g/mol. The minimum atomic E-state index is -0.299. The Kier molecular flexibility index (Phi) is 5.78. The number of nitrogens with one attached hydrogen (secondary N) is 1. The Morgan fingerprint density at radius 3 is 2.54 bits per heavy atom. The van der Waals surface area contributed by atoms with Crippen molar-refractivity contribution in [1.82, 2.24) is 5.43 Å². The van der Waals surface area contributed by atoms with E-state index in [4.69, 9.17) is 4.74 Å². The molecule has 0 spiro atoms. The minimum Gasteiger partial charge on any atom is -0.504 e. The SMILES string of the molecule is CCOc1ccc(/C=N\NC(=O)c2ccc(N(C)C)cc2)cc1O. The number of aromatic hydroxyl groups is 1. The normalized spacial score (nSPS) is 10.6. The van der Waals surface area contributed by atoms with E-state index in [1.54, 1.807) is 24.3 Å². The topological polar surface area (TPSA) is 74.2 Å². The minimum absolute atomic E-state index is 0.0337. The first-order valence-corrected chi connectivity index (χ1v) is 7.58. The molecule has 2 rings (SSSR count). The summed E-state index contributed by atoms with van der Waals surface area (Å²) >= 11 is 0. The molecule has 0 bridgehead atoms. The number of carbonyl (C=O) groups is 1. The highest BCUT2D eigenvalue weighted by Crippen LogP contribution is 2.26. The zero-order valence-electron chi connectivity index (χ0n) is 14.0. The average Bonchev–Trinajstić information content (AvgIpc) is 2.57. The molecule has 2 N–H and O–H groups in total. The lowest BCUT2D eigenvalue weighted by Crippen LogP contribution is -2.17. The summed E-state index contributed by atoms with van der Waals surface area (Å²) in [7, 11) is 3.87. The van der Waals surface area contributed by atoms with E-state index in [-0.39, 0.29) is 11.7 Å². The number of hydrogen-bond acceptors (Lipinski definition) is 5. The molecule has 0 atom stereocenters. The summed E-state index contributed by atoms with van der Waals surface area (Å²) in [5.74, 6) is 0.151. The summed E-state index contributed by atoms with van der Waals surface area (Å²) in [5.41, 5.74) is 4.65. The van der Waals surface area contributed by atoms with Crippen LogP contribution in [-0.2, 0) is 0 Å². The predicted molar refractivity (Wildman–Crippen MR) is 95.1 cm³/mol. The fourth-order valence-electron chi connectivity index (χ4n) is 2.03. The van der Waals surface area contributed by atoms with Gasteiger partial charge in [-0.15, -0.1) is 0 Å². The van der Waals surface area contributed by atoms with Crippen LogP contribution in [0.1, 0.15) is 22.8 Å². The maximum Gasteiger partial charge on any atom is 0.271 e. The highest BCUT2D eigenvalue weighted by atomic mass is 16.5. The van der Waals surface area contributed by atoms with Gasteiger partial charge in [-0.1, -0.05) is 0 Å². The molecule has 2 aromatic carbocycles. The largest absolute Gasteiger partial charge is 0.504 e. The Labute approximate surface area is 141 Å². The summed E-state index contributed by atoms with van der Waals surface area (Å²) in [6.45, 7) is 2.32. The van der Waals surface area contributed by atoms with Crippen molar-refractivity contribution in [3.8, 4) is 11.5 Å². The Morgan fingerprint density at radius 2 is 1.96 bits per heavy atom. The third-order valence-corrected chi connectivity index (χ3v) is 3.31. The number of phenolic OH excluding ortho intramolecular Hbond substituents is 1. The first-order valence-electron chi connectivity index (χ1n) is 7.58. The first-order chi connectivity index (χ1) is 11.5. The van der Waals surface area contributed by atoms with Gasteiger partial charge in [0.1, 0.15) is 0 Å². The standard InChI is InChI=1S/C18H21N3O3/c1-4-24-17-10-5-13(11-16(17)22)12-19-20-18(23)14-6-8-15(9-7-14)21(2)3/h5-12,22H,4H2,1-3H3,(H,20,23)/b19-12-. The van der Waals surface area contributed by atoms with Crippen molar-refractivity contribution in [2.24, 2.45) is 5.10 Å². The molecular formula is C18H21N3O3. The molecule has 0 unspecified atom stereocenters. The van der Waals surface area contributed by atoms with Crippen LogP contribution in [0.2, 0.25) is 0 Å². The summed E-state index contributed by atoms with van der Waals surface area (Å²) < 4.78 is 5.25. The van der Waals surface area contributed by atoms with Gasteiger partial charge < -0.3 is 14.7 Å². The van der Waals surface area contributed by atoms with Crippen molar-refractivity contribution < 1.29 is 14.6 Å². The summed E-state index contributed by atoms with van der Waals surface area (Å²) in [6, 6.07) is 12.1. The molecule has 6 heteroatoms. The van der Waals surface area contributed by atoms with E-state index in [1.165, 1.54) is 12.3 Å². The Bertz CT molecular complexity index is 725. The highest BCUT2D eigenvalue weighted by Gasteiger charge is 2.05. The molecule has 24 heavy (non-hydrogen) atoms. The second kappa shape index (κ2) is 8.01. The molecule has 0 radical (unpaired) electrons. The van der Waals surface area contributed by atoms with Crippen LogP contribution in [0.4, 0.5) is 5.69 Å². The number of ether oxygens (including phenoxy) is 1. The number of phenols is 1. The van der Waals surface area contributed by atoms with E-state index in [9.17, 15) is 9.90 Å². The van der Waals surface area contributed by atoms with Gasteiger partial charge in [-0.2, -0.15) is 5.10 Å². The molecule has 0 aromatic heterocycles. The van der Waals surface area contributed by atoms with Crippen LogP contribution in [0.25, 0.3) is 0 Å². The van der Waals surface area contributed by atoms with Crippen LogP contribution in [-0.4, -0.2) is 37.9 Å². The van der Waals surface area contributed by atoms with E-state index in [0.29, 0.717) is 23.5 Å². The number of benzene rings is 2. The van der Waals surface area contributed by atoms with Crippen molar-refractivity contribution in [3.63, 3.8) is 0 Å². The maximum absolute atomic E-state index is 12.0. The number of hydrogen-bond donors (Lipinski definition) is 2. The second-order valence-corrected chi connectivity index (χ2v) is 5.30. The third kappa shape index (κ3) is 4.49.